The van der Waals surface area contributed by atoms with Crippen LogP contribution in [0.4, 0.5) is 5.00 Å². The number of halogens is 1. The summed E-state index contributed by atoms with van der Waals surface area (Å²) in [7, 11) is 0. The third kappa shape index (κ3) is 5.14. The third-order valence-electron chi connectivity index (χ3n) is 6.11. The molecule has 3 nitrogen and oxygen atoms in total. The van der Waals surface area contributed by atoms with E-state index in [-0.39, 0.29) is 5.41 Å². The molecule has 1 heterocycles. The van der Waals surface area contributed by atoms with Crippen molar-refractivity contribution in [1.29, 1.82) is 5.26 Å². The number of fused-ring (bicyclic) bond motifs is 1. The van der Waals surface area contributed by atoms with Gasteiger partial charge in [-0.25, -0.2) is 4.99 Å². The number of hydrogen-bond acceptors (Lipinski definition) is 4. The maximum absolute atomic E-state index is 9.78. The molecular weight excluding hydrogens is 480 g/mol. The Kier molecular flexibility index (Phi) is 6.83. The van der Waals surface area contributed by atoms with Gasteiger partial charge in [0.1, 0.15) is 23.4 Å². The number of nitriles is 1. The van der Waals surface area contributed by atoms with Gasteiger partial charge in [-0.05, 0) is 81.4 Å². The Morgan fingerprint density at radius 2 is 2.00 bits per heavy atom. The second kappa shape index (κ2) is 9.60. The van der Waals surface area contributed by atoms with Crippen molar-refractivity contribution in [1.82, 2.24) is 0 Å². The second-order valence-corrected chi connectivity index (χ2v) is 11.3. The van der Waals surface area contributed by atoms with Gasteiger partial charge < -0.3 is 4.74 Å². The number of thiophene rings is 1. The van der Waals surface area contributed by atoms with Crippen molar-refractivity contribution in [3.8, 4) is 11.8 Å². The summed E-state index contributed by atoms with van der Waals surface area (Å²) < 4.78 is 6.82. The largest absolute Gasteiger partial charge is 0.488 e. The van der Waals surface area contributed by atoms with Crippen LogP contribution in [-0.4, -0.2) is 6.21 Å². The normalized spacial score (nSPS) is 16.0. The van der Waals surface area contributed by atoms with E-state index in [1.807, 2.05) is 54.7 Å². The molecule has 0 aliphatic heterocycles. The summed E-state index contributed by atoms with van der Waals surface area (Å²) in [6, 6.07) is 18.5. The smallest absolute Gasteiger partial charge is 0.134 e. The van der Waals surface area contributed by atoms with Crippen molar-refractivity contribution in [2.45, 2.75) is 46.6 Å². The Bertz CT molecular complexity index is 1170. The topological polar surface area (TPSA) is 45.4 Å². The van der Waals surface area contributed by atoms with Crippen LogP contribution in [0, 0.1) is 22.7 Å². The van der Waals surface area contributed by atoms with E-state index < -0.39 is 0 Å². The summed E-state index contributed by atoms with van der Waals surface area (Å²) in [5, 5.41) is 10.6. The van der Waals surface area contributed by atoms with Gasteiger partial charge in [0, 0.05) is 11.1 Å². The van der Waals surface area contributed by atoms with E-state index in [0.717, 1.165) is 51.2 Å². The third-order valence-corrected chi connectivity index (χ3v) is 7.89. The van der Waals surface area contributed by atoms with Crippen molar-refractivity contribution in [3.05, 3.63) is 80.1 Å². The first-order valence-corrected chi connectivity index (χ1v) is 12.5. The molecule has 0 bridgehead atoms. The average Bonchev–Trinajstić information content (AvgIpc) is 3.14. The van der Waals surface area contributed by atoms with Crippen molar-refractivity contribution in [3.63, 3.8) is 0 Å². The Hall–Kier alpha value is -2.42. The quantitative estimate of drug-likeness (QED) is 0.330. The molecule has 0 N–H and O–H groups in total. The Morgan fingerprint density at radius 3 is 2.69 bits per heavy atom. The lowest BCUT2D eigenvalue weighted by molar-refractivity contribution is 0.218. The standard InChI is InChI=1S/C27H27BrN2OS/c1-27(2,3)20-10-11-21-22(15-29)26(32-25(21)14-20)30-16-19-9-12-24(23(28)13-19)31-17-18-7-5-4-6-8-18/h4-9,12-13,16,20H,10-11,14,17H2,1-3H3/t20-/m1/s1. The molecule has 0 radical (unpaired) electrons. The van der Waals surface area contributed by atoms with E-state index in [1.165, 1.54) is 10.4 Å². The van der Waals surface area contributed by atoms with Crippen LogP contribution in [-0.2, 0) is 19.4 Å². The fourth-order valence-electron chi connectivity index (χ4n) is 4.10. The summed E-state index contributed by atoms with van der Waals surface area (Å²) in [6.07, 6.45) is 5.01. The maximum Gasteiger partial charge on any atom is 0.134 e. The minimum atomic E-state index is 0.286. The number of rotatable bonds is 5. The van der Waals surface area contributed by atoms with E-state index in [2.05, 4.69) is 42.8 Å². The Morgan fingerprint density at radius 1 is 1.22 bits per heavy atom. The minimum Gasteiger partial charge on any atom is -0.488 e. The van der Waals surface area contributed by atoms with Crippen LogP contribution in [0.3, 0.4) is 0 Å². The van der Waals surface area contributed by atoms with Crippen molar-refractivity contribution < 1.29 is 4.74 Å². The van der Waals surface area contributed by atoms with Crippen LogP contribution in [0.25, 0.3) is 0 Å². The highest BCUT2D eigenvalue weighted by molar-refractivity contribution is 9.10. The number of hydrogen-bond donors (Lipinski definition) is 0. The summed E-state index contributed by atoms with van der Waals surface area (Å²) in [5.74, 6) is 1.44. The fourth-order valence-corrected chi connectivity index (χ4v) is 5.83. The van der Waals surface area contributed by atoms with Crippen LogP contribution in [0.15, 0.2) is 58.0 Å². The maximum atomic E-state index is 9.78. The lowest BCUT2D eigenvalue weighted by Crippen LogP contribution is -2.26. The van der Waals surface area contributed by atoms with Gasteiger partial charge in [-0.1, -0.05) is 51.1 Å². The monoisotopic (exact) mass is 506 g/mol. The first-order valence-electron chi connectivity index (χ1n) is 10.9. The molecular formula is C27H27BrN2OS. The molecule has 1 aromatic heterocycles. The fraction of sp³-hybridized carbons (Fsp3) is 0.333. The highest BCUT2D eigenvalue weighted by atomic mass is 79.9. The predicted octanol–water partition coefficient (Wildman–Crippen LogP) is 7.86. The highest BCUT2D eigenvalue weighted by Crippen LogP contribution is 2.44. The molecule has 1 aliphatic carbocycles. The van der Waals surface area contributed by atoms with Crippen LogP contribution in [0.2, 0.25) is 0 Å². The van der Waals surface area contributed by atoms with E-state index >= 15 is 0 Å². The molecule has 0 saturated carbocycles. The van der Waals surface area contributed by atoms with Crippen LogP contribution >= 0.6 is 27.3 Å². The Balaban J connectivity index is 1.49. The molecule has 4 rings (SSSR count). The van der Waals surface area contributed by atoms with Crippen molar-refractivity contribution in [2.24, 2.45) is 16.3 Å². The van der Waals surface area contributed by atoms with E-state index in [1.54, 1.807) is 11.3 Å². The molecule has 0 amide bonds. The molecule has 0 saturated heterocycles. The summed E-state index contributed by atoms with van der Waals surface area (Å²) >= 11 is 5.29. The van der Waals surface area contributed by atoms with Gasteiger partial charge in [-0.2, -0.15) is 5.26 Å². The molecule has 0 unspecified atom stereocenters. The zero-order chi connectivity index (χ0) is 22.7. The molecule has 3 aromatic rings. The van der Waals surface area contributed by atoms with E-state index in [9.17, 15) is 5.26 Å². The minimum absolute atomic E-state index is 0.286. The van der Waals surface area contributed by atoms with E-state index in [0.29, 0.717) is 12.5 Å². The number of benzene rings is 2. The number of ether oxygens (including phenoxy) is 1. The Labute approximate surface area is 202 Å². The molecule has 164 valence electrons. The number of nitrogens with zero attached hydrogens (tertiary/aromatic N) is 2. The lowest BCUT2D eigenvalue weighted by Gasteiger charge is -2.33. The van der Waals surface area contributed by atoms with Crippen molar-refractivity contribution >= 4 is 38.5 Å². The zero-order valence-corrected chi connectivity index (χ0v) is 21.1. The predicted molar refractivity (Wildman–Crippen MR) is 136 cm³/mol. The molecule has 32 heavy (non-hydrogen) atoms. The molecule has 2 aromatic carbocycles. The van der Waals surface area contributed by atoms with Gasteiger partial charge in [0.2, 0.25) is 0 Å². The summed E-state index contributed by atoms with van der Waals surface area (Å²) in [6.45, 7) is 7.46. The van der Waals surface area contributed by atoms with Gasteiger partial charge in [-0.3, -0.25) is 0 Å². The number of aliphatic imine (C=N–C) groups is 1. The average molecular weight is 507 g/mol. The first-order chi connectivity index (χ1) is 15.3. The van der Waals surface area contributed by atoms with Gasteiger partial charge in [-0.15, -0.1) is 11.3 Å². The van der Waals surface area contributed by atoms with Gasteiger partial charge in [0.15, 0.2) is 0 Å². The molecule has 1 atom stereocenters. The van der Waals surface area contributed by atoms with Crippen LogP contribution in [0.5, 0.6) is 5.75 Å². The highest BCUT2D eigenvalue weighted by Gasteiger charge is 2.32. The van der Waals surface area contributed by atoms with Crippen molar-refractivity contribution in [2.75, 3.05) is 0 Å². The SMILES string of the molecule is CC(C)(C)[C@@H]1CCc2c(sc(N=Cc3ccc(OCc4ccccc4)c(Br)c3)c2C#N)C1. The second-order valence-electron chi connectivity index (χ2n) is 9.32. The lowest BCUT2D eigenvalue weighted by atomic mass is 9.72. The van der Waals surface area contributed by atoms with Gasteiger partial charge in [0.05, 0.1) is 10.0 Å². The van der Waals surface area contributed by atoms with E-state index in [4.69, 9.17) is 9.73 Å². The molecule has 0 fully saturated rings. The summed E-state index contributed by atoms with van der Waals surface area (Å²) in [5.41, 5.74) is 4.36. The van der Waals surface area contributed by atoms with Crippen LogP contribution in [0.1, 0.15) is 54.3 Å². The molecule has 1 aliphatic rings. The summed E-state index contributed by atoms with van der Waals surface area (Å²) in [4.78, 5) is 6.05. The van der Waals surface area contributed by atoms with Gasteiger partial charge in [0.25, 0.3) is 0 Å². The molecule has 5 heteroatoms. The zero-order valence-electron chi connectivity index (χ0n) is 18.7. The molecule has 0 spiro atoms. The van der Waals surface area contributed by atoms with Gasteiger partial charge >= 0.3 is 0 Å². The van der Waals surface area contributed by atoms with Crippen LogP contribution < -0.4 is 4.74 Å². The first kappa shape index (κ1) is 22.8.